The number of hydrogen-bond acceptors (Lipinski definition) is 6. The molecule has 41 heavy (non-hydrogen) atoms. The highest BCUT2D eigenvalue weighted by Crippen LogP contribution is 2.33. The molecular weight excluding hydrogens is 540 g/mol. The monoisotopic (exact) mass is 574 g/mol. The fraction of sp³-hybridized carbons (Fsp3) is 0.226. The summed E-state index contributed by atoms with van der Waals surface area (Å²) in [6.07, 6.45) is 1.56. The highest BCUT2D eigenvalue weighted by molar-refractivity contribution is 7.92. The van der Waals surface area contributed by atoms with Crippen LogP contribution in [0.5, 0.6) is 11.5 Å². The summed E-state index contributed by atoms with van der Waals surface area (Å²) in [5.74, 6) is 0.149. The van der Waals surface area contributed by atoms with Crippen molar-refractivity contribution in [3.05, 3.63) is 101 Å². The van der Waals surface area contributed by atoms with Gasteiger partial charge in [0.15, 0.2) is 11.5 Å². The van der Waals surface area contributed by atoms with Crippen LogP contribution in [0, 0.1) is 27.7 Å². The molecule has 0 saturated carbocycles. The number of sulfonamides is 1. The number of hydrogen-bond donors (Lipinski definition) is 1. The second kappa shape index (κ2) is 12.3. The third-order valence-electron chi connectivity index (χ3n) is 6.73. The molecule has 0 radical (unpaired) electrons. The minimum Gasteiger partial charge on any atom is -0.493 e. The van der Waals surface area contributed by atoms with E-state index in [1.807, 2.05) is 19.9 Å². The van der Waals surface area contributed by atoms with Crippen molar-refractivity contribution in [1.29, 1.82) is 0 Å². The van der Waals surface area contributed by atoms with Gasteiger partial charge in [0.25, 0.3) is 15.9 Å². The van der Waals surface area contributed by atoms with Crippen LogP contribution in [-0.2, 0) is 14.8 Å². The number of nitrogens with zero attached hydrogens (tertiary/aromatic N) is 3. The molecule has 0 atom stereocenters. The molecule has 0 spiro atoms. The molecule has 10 heteroatoms. The molecule has 1 amide bonds. The number of rotatable bonds is 10. The number of nitrogens with one attached hydrogen (secondary N) is 1. The Balaban J connectivity index is 1.59. The van der Waals surface area contributed by atoms with Crippen molar-refractivity contribution < 1.29 is 22.7 Å². The van der Waals surface area contributed by atoms with Crippen LogP contribution in [0.25, 0.3) is 5.69 Å². The first kappa shape index (κ1) is 29.4. The molecule has 0 saturated heterocycles. The van der Waals surface area contributed by atoms with Gasteiger partial charge in [0.05, 0.1) is 31.0 Å². The first-order valence-electron chi connectivity index (χ1n) is 12.9. The van der Waals surface area contributed by atoms with Gasteiger partial charge in [-0.1, -0.05) is 35.9 Å². The standard InChI is InChI=1S/C31H34N4O5S/c1-21-12-14-28(22(2)16-21)35-23(3)17-25(24(35)4)19-32-33-31(36)20-34(41(37,38)27-10-8-7-9-11-27)26-13-15-29(39-5)30(18-26)40-6/h7-19H,20H2,1-6H3,(H,33,36)/b32-19-. The molecule has 1 aromatic heterocycles. The highest BCUT2D eigenvalue weighted by atomic mass is 32.2. The molecule has 9 nitrogen and oxygen atoms in total. The number of aromatic nitrogens is 1. The van der Waals surface area contributed by atoms with Gasteiger partial charge in [0.1, 0.15) is 6.54 Å². The number of amides is 1. The van der Waals surface area contributed by atoms with Gasteiger partial charge in [-0.15, -0.1) is 0 Å². The molecule has 4 aromatic rings. The van der Waals surface area contributed by atoms with E-state index in [0.717, 1.165) is 32.5 Å². The number of carbonyl (C=O) groups excluding carboxylic acids is 1. The van der Waals surface area contributed by atoms with Gasteiger partial charge in [-0.3, -0.25) is 9.10 Å². The van der Waals surface area contributed by atoms with Crippen molar-refractivity contribution in [2.24, 2.45) is 5.10 Å². The number of carbonyl (C=O) groups is 1. The van der Waals surface area contributed by atoms with E-state index in [4.69, 9.17) is 9.47 Å². The summed E-state index contributed by atoms with van der Waals surface area (Å²) >= 11 is 0. The molecule has 4 rings (SSSR count). The largest absolute Gasteiger partial charge is 0.493 e. The summed E-state index contributed by atoms with van der Waals surface area (Å²) in [5, 5.41) is 4.15. The van der Waals surface area contributed by atoms with E-state index in [0.29, 0.717) is 11.5 Å². The molecule has 0 aliphatic carbocycles. The summed E-state index contributed by atoms with van der Waals surface area (Å²) in [6, 6.07) is 20.9. The fourth-order valence-corrected chi connectivity index (χ4v) is 6.13. The molecule has 3 aromatic carbocycles. The van der Waals surface area contributed by atoms with Crippen molar-refractivity contribution in [2.45, 2.75) is 32.6 Å². The maximum Gasteiger partial charge on any atom is 0.264 e. The zero-order chi connectivity index (χ0) is 29.7. The Hall–Kier alpha value is -4.57. The predicted molar refractivity (Wildman–Crippen MR) is 161 cm³/mol. The van der Waals surface area contributed by atoms with Crippen molar-refractivity contribution in [1.82, 2.24) is 9.99 Å². The third kappa shape index (κ3) is 6.28. The molecule has 1 N–H and O–H groups in total. The minimum absolute atomic E-state index is 0.0462. The Morgan fingerprint density at radius 1 is 0.927 bits per heavy atom. The first-order valence-corrected chi connectivity index (χ1v) is 14.4. The van der Waals surface area contributed by atoms with Crippen LogP contribution in [0.2, 0.25) is 0 Å². The number of benzene rings is 3. The van der Waals surface area contributed by atoms with Crippen LogP contribution >= 0.6 is 0 Å². The quantitative estimate of drug-likeness (QED) is 0.210. The Morgan fingerprint density at radius 2 is 1.63 bits per heavy atom. The van der Waals surface area contributed by atoms with E-state index in [2.05, 4.69) is 47.1 Å². The van der Waals surface area contributed by atoms with E-state index in [-0.39, 0.29) is 10.6 Å². The second-order valence-electron chi connectivity index (χ2n) is 9.61. The van der Waals surface area contributed by atoms with Crippen LogP contribution in [-0.4, -0.2) is 45.9 Å². The SMILES string of the molecule is COc1ccc(N(CC(=O)N/N=C\c2cc(C)n(-c3ccc(C)cc3C)c2C)S(=O)(=O)c2ccccc2)cc1OC. The summed E-state index contributed by atoms with van der Waals surface area (Å²) in [5.41, 5.74) is 8.95. The maximum absolute atomic E-state index is 13.6. The van der Waals surface area contributed by atoms with Crippen LogP contribution in [0.1, 0.15) is 28.1 Å². The molecule has 0 unspecified atom stereocenters. The number of hydrazone groups is 1. The molecule has 0 aliphatic heterocycles. The minimum atomic E-state index is -4.10. The van der Waals surface area contributed by atoms with Gasteiger partial charge >= 0.3 is 0 Å². The Morgan fingerprint density at radius 3 is 2.29 bits per heavy atom. The van der Waals surface area contributed by atoms with Crippen molar-refractivity contribution in [3.8, 4) is 17.2 Å². The predicted octanol–water partition coefficient (Wildman–Crippen LogP) is 5.07. The smallest absolute Gasteiger partial charge is 0.264 e. The second-order valence-corrected chi connectivity index (χ2v) is 11.5. The number of ether oxygens (including phenoxy) is 2. The van der Waals surface area contributed by atoms with E-state index in [1.165, 1.54) is 38.0 Å². The lowest BCUT2D eigenvalue weighted by molar-refractivity contribution is -0.119. The van der Waals surface area contributed by atoms with Gasteiger partial charge < -0.3 is 14.0 Å². The number of anilines is 1. The molecule has 214 valence electrons. The lowest BCUT2D eigenvalue weighted by atomic mass is 10.1. The normalized spacial score (nSPS) is 11.5. The Labute approximate surface area is 241 Å². The summed E-state index contributed by atoms with van der Waals surface area (Å²) in [7, 11) is -1.16. The zero-order valence-electron chi connectivity index (χ0n) is 24.0. The Bertz CT molecular complexity index is 1700. The first-order chi connectivity index (χ1) is 19.6. The Kier molecular flexibility index (Phi) is 8.83. The van der Waals surface area contributed by atoms with E-state index < -0.39 is 22.5 Å². The van der Waals surface area contributed by atoms with Crippen LogP contribution in [0.4, 0.5) is 5.69 Å². The lowest BCUT2D eigenvalue weighted by Gasteiger charge is -2.24. The van der Waals surface area contributed by atoms with Crippen molar-refractivity contribution >= 4 is 27.8 Å². The van der Waals surface area contributed by atoms with Gasteiger partial charge in [-0.05, 0) is 69.7 Å². The molecular formula is C31H34N4O5S. The fourth-order valence-electron chi connectivity index (χ4n) is 4.70. The third-order valence-corrected chi connectivity index (χ3v) is 8.52. The van der Waals surface area contributed by atoms with Crippen LogP contribution < -0.4 is 19.2 Å². The van der Waals surface area contributed by atoms with Gasteiger partial charge in [0, 0.05) is 28.7 Å². The van der Waals surface area contributed by atoms with Crippen molar-refractivity contribution in [3.63, 3.8) is 0 Å². The molecule has 0 bridgehead atoms. The molecule has 0 aliphatic rings. The molecule has 0 fully saturated rings. The summed E-state index contributed by atoms with van der Waals surface area (Å²) in [6.45, 7) is 7.62. The van der Waals surface area contributed by atoms with Gasteiger partial charge in [0.2, 0.25) is 0 Å². The van der Waals surface area contributed by atoms with Gasteiger partial charge in [-0.25, -0.2) is 13.8 Å². The highest BCUT2D eigenvalue weighted by Gasteiger charge is 2.28. The van der Waals surface area contributed by atoms with E-state index in [9.17, 15) is 13.2 Å². The topological polar surface area (TPSA) is 102 Å². The van der Waals surface area contributed by atoms with Gasteiger partial charge in [-0.2, -0.15) is 5.10 Å². The maximum atomic E-state index is 13.6. The van der Waals surface area contributed by atoms with E-state index in [1.54, 1.807) is 36.5 Å². The van der Waals surface area contributed by atoms with Crippen LogP contribution in [0.3, 0.4) is 0 Å². The van der Waals surface area contributed by atoms with Crippen molar-refractivity contribution in [2.75, 3.05) is 25.1 Å². The zero-order valence-corrected chi connectivity index (χ0v) is 24.8. The van der Waals surface area contributed by atoms with Crippen LogP contribution in [0.15, 0.2) is 82.8 Å². The lowest BCUT2D eigenvalue weighted by Crippen LogP contribution is -2.39. The van der Waals surface area contributed by atoms with E-state index >= 15 is 0 Å². The summed E-state index contributed by atoms with van der Waals surface area (Å²) in [4.78, 5) is 13.1. The number of methoxy groups -OCH3 is 2. The summed E-state index contributed by atoms with van der Waals surface area (Å²) < 4.78 is 41.0. The average molecular weight is 575 g/mol. The average Bonchev–Trinajstić information content (AvgIpc) is 3.24. The molecule has 1 heterocycles. The number of aryl methyl sites for hydroxylation is 3.